The molecule has 2 aromatic rings. The molecule has 1 N–H and O–H groups in total. The zero-order chi connectivity index (χ0) is 15.6. The van der Waals surface area contributed by atoms with Gasteiger partial charge in [-0.05, 0) is 67.4 Å². The summed E-state index contributed by atoms with van der Waals surface area (Å²) in [5.41, 5.74) is 3.92. The molecular formula is C15H20BrClN4. The van der Waals surface area contributed by atoms with Crippen LogP contribution in [-0.4, -0.2) is 21.5 Å². The Hall–Kier alpha value is -0.910. The largest absolute Gasteiger partial charge is 0.309 e. The lowest BCUT2D eigenvalue weighted by atomic mass is 10.2. The minimum absolute atomic E-state index is 0.179. The summed E-state index contributed by atoms with van der Waals surface area (Å²) in [6, 6.07) is 4.09. The molecule has 0 radical (unpaired) electrons. The molecule has 1 atom stereocenters. The molecule has 4 nitrogen and oxygen atoms in total. The molecule has 0 bridgehead atoms. The van der Waals surface area contributed by atoms with Crippen molar-refractivity contribution in [2.45, 2.75) is 40.2 Å². The van der Waals surface area contributed by atoms with Gasteiger partial charge in [0.1, 0.15) is 5.69 Å². The third-order valence-corrected chi connectivity index (χ3v) is 4.54. The Kier molecular flexibility index (Phi) is 5.41. The number of nitrogens with one attached hydrogen (secondary N) is 1. The Labute approximate surface area is 139 Å². The smallest absolute Gasteiger partial charge is 0.103 e. The summed E-state index contributed by atoms with van der Waals surface area (Å²) in [7, 11) is 0. The van der Waals surface area contributed by atoms with Gasteiger partial charge in [0, 0.05) is 9.50 Å². The van der Waals surface area contributed by atoms with E-state index >= 15 is 0 Å². The van der Waals surface area contributed by atoms with Gasteiger partial charge in [-0.2, -0.15) is 0 Å². The van der Waals surface area contributed by atoms with Crippen molar-refractivity contribution in [3.63, 3.8) is 0 Å². The molecular weight excluding hydrogens is 352 g/mol. The molecule has 0 aliphatic rings. The van der Waals surface area contributed by atoms with Crippen molar-refractivity contribution in [1.29, 1.82) is 0 Å². The highest BCUT2D eigenvalue weighted by molar-refractivity contribution is 9.10. The number of aryl methyl sites for hydroxylation is 1. The number of rotatable bonds is 5. The highest BCUT2D eigenvalue weighted by Crippen LogP contribution is 2.29. The summed E-state index contributed by atoms with van der Waals surface area (Å²) < 4.78 is 2.78. The highest BCUT2D eigenvalue weighted by atomic mass is 79.9. The van der Waals surface area contributed by atoms with Crippen molar-refractivity contribution in [3.8, 4) is 5.69 Å². The lowest BCUT2D eigenvalue weighted by Crippen LogP contribution is -2.20. The van der Waals surface area contributed by atoms with Crippen LogP contribution in [0.4, 0.5) is 0 Å². The molecule has 0 saturated heterocycles. The Morgan fingerprint density at radius 2 is 2.10 bits per heavy atom. The summed E-state index contributed by atoms with van der Waals surface area (Å²) in [5, 5.41) is 12.8. The molecule has 0 saturated carbocycles. The van der Waals surface area contributed by atoms with Crippen LogP contribution in [0.5, 0.6) is 0 Å². The lowest BCUT2D eigenvalue weighted by molar-refractivity contribution is 0.555. The zero-order valence-electron chi connectivity index (χ0n) is 12.7. The van der Waals surface area contributed by atoms with Gasteiger partial charge < -0.3 is 5.32 Å². The Bertz CT molecular complexity index is 639. The molecule has 0 aliphatic carbocycles. The normalized spacial score (nSPS) is 12.7. The number of hydrogen-bond donors (Lipinski definition) is 1. The van der Waals surface area contributed by atoms with E-state index in [-0.39, 0.29) is 6.04 Å². The number of halogens is 2. The summed E-state index contributed by atoms with van der Waals surface area (Å²) in [4.78, 5) is 0. The van der Waals surface area contributed by atoms with E-state index in [1.807, 2.05) is 30.7 Å². The minimum atomic E-state index is 0.179. The first-order valence-electron chi connectivity index (χ1n) is 7.07. The molecule has 2 rings (SSSR count). The number of hydrogen-bond acceptors (Lipinski definition) is 3. The third-order valence-electron chi connectivity index (χ3n) is 3.50. The van der Waals surface area contributed by atoms with Crippen LogP contribution in [0, 0.1) is 13.8 Å². The molecule has 1 unspecified atom stereocenters. The maximum absolute atomic E-state index is 6.23. The average molecular weight is 372 g/mol. The standard InChI is InChI=1S/C15H20BrClN4/c1-5-6-18-10(3)15-11(4)21(20-19-15)14-8-13(17)9(2)7-12(14)16/h7-8,10,18H,5-6H2,1-4H3. The van der Waals surface area contributed by atoms with Crippen LogP contribution in [-0.2, 0) is 0 Å². The van der Waals surface area contributed by atoms with Crippen molar-refractivity contribution in [2.24, 2.45) is 0 Å². The van der Waals surface area contributed by atoms with Crippen LogP contribution < -0.4 is 5.32 Å². The molecule has 0 amide bonds. The van der Waals surface area contributed by atoms with Gasteiger partial charge >= 0.3 is 0 Å². The van der Waals surface area contributed by atoms with Crippen LogP contribution >= 0.6 is 27.5 Å². The number of benzene rings is 1. The van der Waals surface area contributed by atoms with Crippen LogP contribution in [0.2, 0.25) is 5.02 Å². The SMILES string of the molecule is CCCNC(C)c1nnn(-c2cc(Cl)c(C)cc2Br)c1C. The Morgan fingerprint density at radius 1 is 1.38 bits per heavy atom. The predicted molar refractivity (Wildman–Crippen MR) is 90.3 cm³/mol. The average Bonchev–Trinajstić information content (AvgIpc) is 2.82. The van der Waals surface area contributed by atoms with Gasteiger partial charge in [-0.15, -0.1) is 5.10 Å². The van der Waals surface area contributed by atoms with Gasteiger partial charge in [0.15, 0.2) is 0 Å². The van der Waals surface area contributed by atoms with E-state index in [0.29, 0.717) is 0 Å². The number of nitrogens with zero attached hydrogens (tertiary/aromatic N) is 3. The molecule has 0 aliphatic heterocycles. The summed E-state index contributed by atoms with van der Waals surface area (Å²) in [6.07, 6.45) is 1.09. The van der Waals surface area contributed by atoms with Crippen LogP contribution in [0.3, 0.4) is 0 Å². The minimum Gasteiger partial charge on any atom is -0.309 e. The third kappa shape index (κ3) is 3.47. The van der Waals surface area contributed by atoms with Gasteiger partial charge in [-0.25, -0.2) is 4.68 Å². The second kappa shape index (κ2) is 6.90. The van der Waals surface area contributed by atoms with Crippen LogP contribution in [0.1, 0.15) is 43.3 Å². The number of aromatic nitrogens is 3. The van der Waals surface area contributed by atoms with Gasteiger partial charge in [-0.3, -0.25) is 0 Å². The predicted octanol–water partition coefficient (Wildman–Crippen LogP) is 4.36. The first-order valence-corrected chi connectivity index (χ1v) is 8.24. The summed E-state index contributed by atoms with van der Waals surface area (Å²) in [5.74, 6) is 0. The monoisotopic (exact) mass is 370 g/mol. The topological polar surface area (TPSA) is 42.7 Å². The van der Waals surface area contributed by atoms with E-state index < -0.39 is 0 Å². The summed E-state index contributed by atoms with van der Waals surface area (Å²) >= 11 is 9.81. The first-order chi connectivity index (χ1) is 9.95. The molecule has 0 spiro atoms. The second-order valence-electron chi connectivity index (χ2n) is 5.20. The van der Waals surface area contributed by atoms with E-state index in [0.717, 1.165) is 45.1 Å². The van der Waals surface area contributed by atoms with Gasteiger partial charge in [-0.1, -0.05) is 23.7 Å². The van der Waals surface area contributed by atoms with E-state index in [4.69, 9.17) is 11.6 Å². The van der Waals surface area contributed by atoms with Gasteiger partial charge in [0.05, 0.1) is 17.4 Å². The Balaban J connectivity index is 2.38. The van der Waals surface area contributed by atoms with Gasteiger partial charge in [0.25, 0.3) is 0 Å². The fourth-order valence-corrected chi connectivity index (χ4v) is 3.01. The van der Waals surface area contributed by atoms with E-state index in [9.17, 15) is 0 Å². The first kappa shape index (κ1) is 16.5. The fourth-order valence-electron chi connectivity index (χ4n) is 2.23. The van der Waals surface area contributed by atoms with Crippen molar-refractivity contribution < 1.29 is 0 Å². The van der Waals surface area contributed by atoms with E-state index in [1.165, 1.54) is 0 Å². The molecule has 1 heterocycles. The molecule has 0 fully saturated rings. The van der Waals surface area contributed by atoms with Crippen LogP contribution in [0.15, 0.2) is 16.6 Å². The molecule has 114 valence electrons. The van der Waals surface area contributed by atoms with Crippen LogP contribution in [0.25, 0.3) is 5.69 Å². The molecule has 1 aromatic carbocycles. The van der Waals surface area contributed by atoms with Crippen molar-refractivity contribution in [2.75, 3.05) is 6.54 Å². The molecule has 6 heteroatoms. The molecule has 1 aromatic heterocycles. The lowest BCUT2D eigenvalue weighted by Gasteiger charge is -2.12. The second-order valence-corrected chi connectivity index (χ2v) is 6.46. The zero-order valence-corrected chi connectivity index (χ0v) is 15.1. The highest BCUT2D eigenvalue weighted by Gasteiger charge is 2.17. The van der Waals surface area contributed by atoms with Crippen molar-refractivity contribution in [1.82, 2.24) is 20.3 Å². The summed E-state index contributed by atoms with van der Waals surface area (Å²) in [6.45, 7) is 9.23. The maximum Gasteiger partial charge on any atom is 0.103 e. The van der Waals surface area contributed by atoms with E-state index in [1.54, 1.807) is 0 Å². The Morgan fingerprint density at radius 3 is 2.76 bits per heavy atom. The van der Waals surface area contributed by atoms with Crippen molar-refractivity contribution in [3.05, 3.63) is 38.6 Å². The van der Waals surface area contributed by atoms with E-state index in [2.05, 4.69) is 45.4 Å². The maximum atomic E-state index is 6.23. The molecule has 21 heavy (non-hydrogen) atoms. The van der Waals surface area contributed by atoms with Gasteiger partial charge in [0.2, 0.25) is 0 Å². The quantitative estimate of drug-likeness (QED) is 0.849. The fraction of sp³-hybridized carbons (Fsp3) is 0.467. The van der Waals surface area contributed by atoms with Crippen molar-refractivity contribution >= 4 is 27.5 Å².